The van der Waals surface area contributed by atoms with Gasteiger partial charge in [0.25, 0.3) is 0 Å². The van der Waals surface area contributed by atoms with Crippen LogP contribution in [-0.2, 0) is 0 Å². The van der Waals surface area contributed by atoms with E-state index in [-0.39, 0.29) is 39.6 Å². The summed E-state index contributed by atoms with van der Waals surface area (Å²) in [6, 6.07) is 25.3. The molecule has 0 bridgehead atoms. The first-order valence-corrected chi connectivity index (χ1v) is 10.8. The smallest absolute Gasteiger partial charge is 0.335 e. The van der Waals surface area contributed by atoms with Crippen LogP contribution in [0.2, 0.25) is 0 Å². The standard InChI is InChI=1S/C15H8O4.C14H10O3/c16-13-9-3-1-2-4-10(9)14(17)12-7-8(15(18)19)5-6-11(12)13;15-13(10-4-2-1-3-5-10)11-6-8-12(9-7-11)14(16)17/h1-7H,(H,18,19);1-9H,(H,16,17). The first-order chi connectivity index (χ1) is 17.3. The first kappa shape index (κ1) is 24.0. The third kappa shape index (κ3) is 4.71. The number of aromatic carboxylic acids is 2. The van der Waals surface area contributed by atoms with Crippen LogP contribution in [0.5, 0.6) is 0 Å². The summed E-state index contributed by atoms with van der Waals surface area (Å²) in [6.07, 6.45) is 0. The van der Waals surface area contributed by atoms with E-state index in [2.05, 4.69) is 0 Å². The van der Waals surface area contributed by atoms with Gasteiger partial charge in [-0.15, -0.1) is 0 Å². The summed E-state index contributed by atoms with van der Waals surface area (Å²) < 4.78 is 0. The Hall–Kier alpha value is -5.17. The van der Waals surface area contributed by atoms with Gasteiger partial charge in [-0.05, 0) is 30.3 Å². The fraction of sp³-hybridized carbons (Fsp3) is 0. The molecule has 1 aliphatic rings. The molecule has 0 fully saturated rings. The molecule has 0 amide bonds. The summed E-state index contributed by atoms with van der Waals surface area (Å²) in [4.78, 5) is 58.1. The van der Waals surface area contributed by atoms with Gasteiger partial charge < -0.3 is 10.2 Å². The van der Waals surface area contributed by atoms with Crippen LogP contribution >= 0.6 is 0 Å². The van der Waals surface area contributed by atoms with Gasteiger partial charge in [-0.3, -0.25) is 14.4 Å². The second kappa shape index (κ2) is 9.99. The molecule has 0 atom stereocenters. The Kier molecular flexibility index (Phi) is 6.65. The monoisotopic (exact) mass is 478 g/mol. The number of benzene rings is 4. The van der Waals surface area contributed by atoms with Gasteiger partial charge in [0, 0.05) is 33.4 Å². The minimum atomic E-state index is -1.12. The molecule has 0 aromatic heterocycles. The highest BCUT2D eigenvalue weighted by atomic mass is 16.4. The summed E-state index contributed by atoms with van der Waals surface area (Å²) in [6.45, 7) is 0. The predicted molar refractivity (Wildman–Crippen MR) is 130 cm³/mol. The van der Waals surface area contributed by atoms with Crippen molar-refractivity contribution in [3.05, 3.63) is 142 Å². The highest BCUT2D eigenvalue weighted by Crippen LogP contribution is 2.27. The van der Waals surface area contributed by atoms with E-state index in [9.17, 15) is 24.0 Å². The van der Waals surface area contributed by atoms with Crippen LogP contribution in [0.25, 0.3) is 0 Å². The largest absolute Gasteiger partial charge is 0.478 e. The molecule has 2 N–H and O–H groups in total. The van der Waals surface area contributed by atoms with Gasteiger partial charge in [-0.2, -0.15) is 0 Å². The summed E-state index contributed by atoms with van der Waals surface area (Å²) in [7, 11) is 0. The topological polar surface area (TPSA) is 126 Å². The Bertz CT molecular complexity index is 1520. The van der Waals surface area contributed by atoms with Crippen molar-refractivity contribution in [1.82, 2.24) is 0 Å². The SMILES string of the molecule is O=C(O)c1ccc(C(=O)c2ccccc2)cc1.O=C(O)c1ccc2c(c1)C(=O)c1ccccc1C2=O. The summed E-state index contributed by atoms with van der Waals surface area (Å²) >= 11 is 0. The van der Waals surface area contributed by atoms with E-state index in [0.717, 1.165) is 0 Å². The molecule has 0 heterocycles. The molecule has 7 nitrogen and oxygen atoms in total. The molecule has 0 saturated heterocycles. The van der Waals surface area contributed by atoms with Gasteiger partial charge in [-0.1, -0.05) is 66.7 Å². The molecule has 0 saturated carbocycles. The minimum absolute atomic E-state index is 0.000666. The average Bonchev–Trinajstić information content (AvgIpc) is 2.92. The molecule has 176 valence electrons. The van der Waals surface area contributed by atoms with Gasteiger partial charge in [0.1, 0.15) is 0 Å². The fourth-order valence-corrected chi connectivity index (χ4v) is 3.75. The zero-order valence-electron chi connectivity index (χ0n) is 18.7. The third-order valence-corrected chi connectivity index (χ3v) is 5.60. The van der Waals surface area contributed by atoms with E-state index in [1.54, 1.807) is 48.5 Å². The quantitative estimate of drug-likeness (QED) is 0.356. The van der Waals surface area contributed by atoms with Crippen molar-refractivity contribution in [3.8, 4) is 0 Å². The Morgan fingerprint density at radius 2 is 0.861 bits per heavy atom. The molecular weight excluding hydrogens is 460 g/mol. The molecule has 5 rings (SSSR count). The lowest BCUT2D eigenvalue weighted by molar-refractivity contribution is 0.0686. The van der Waals surface area contributed by atoms with E-state index >= 15 is 0 Å². The minimum Gasteiger partial charge on any atom is -0.478 e. The van der Waals surface area contributed by atoms with Gasteiger partial charge in [0.05, 0.1) is 11.1 Å². The Morgan fingerprint density at radius 3 is 1.42 bits per heavy atom. The molecule has 1 aliphatic carbocycles. The van der Waals surface area contributed by atoms with Gasteiger partial charge in [0.15, 0.2) is 17.3 Å². The number of hydrogen-bond donors (Lipinski definition) is 2. The van der Waals surface area contributed by atoms with Crippen molar-refractivity contribution in [1.29, 1.82) is 0 Å². The van der Waals surface area contributed by atoms with Gasteiger partial charge in [0.2, 0.25) is 0 Å². The molecule has 4 aromatic carbocycles. The van der Waals surface area contributed by atoms with Crippen LogP contribution in [-0.4, -0.2) is 39.5 Å². The van der Waals surface area contributed by atoms with Gasteiger partial charge in [-0.25, -0.2) is 9.59 Å². The molecule has 36 heavy (non-hydrogen) atoms. The van der Waals surface area contributed by atoms with Crippen LogP contribution in [0.4, 0.5) is 0 Å². The first-order valence-electron chi connectivity index (χ1n) is 10.8. The van der Waals surface area contributed by atoms with Crippen molar-refractivity contribution < 1.29 is 34.2 Å². The molecule has 7 heteroatoms. The second-order valence-corrected chi connectivity index (χ2v) is 7.85. The van der Waals surface area contributed by atoms with Gasteiger partial charge >= 0.3 is 11.9 Å². The van der Waals surface area contributed by atoms with E-state index in [1.807, 2.05) is 6.07 Å². The number of carbonyl (C=O) groups excluding carboxylic acids is 3. The van der Waals surface area contributed by atoms with E-state index in [1.165, 1.54) is 42.5 Å². The van der Waals surface area contributed by atoms with Crippen molar-refractivity contribution in [2.75, 3.05) is 0 Å². The Labute approximate surface area is 205 Å². The maximum absolute atomic E-state index is 12.3. The Morgan fingerprint density at radius 1 is 0.444 bits per heavy atom. The number of ketones is 3. The van der Waals surface area contributed by atoms with Crippen LogP contribution in [0.15, 0.2) is 97.1 Å². The lowest BCUT2D eigenvalue weighted by Gasteiger charge is -2.17. The fourth-order valence-electron chi connectivity index (χ4n) is 3.75. The number of carboxylic acids is 2. The van der Waals surface area contributed by atoms with Crippen molar-refractivity contribution in [2.45, 2.75) is 0 Å². The summed E-state index contributed by atoms with van der Waals surface area (Å²) in [5.74, 6) is -2.79. The van der Waals surface area contributed by atoms with E-state index in [4.69, 9.17) is 10.2 Å². The second-order valence-electron chi connectivity index (χ2n) is 7.85. The van der Waals surface area contributed by atoms with Crippen LogP contribution in [0.1, 0.15) is 68.5 Å². The normalized spacial score (nSPS) is 11.4. The highest BCUT2D eigenvalue weighted by molar-refractivity contribution is 6.28. The van der Waals surface area contributed by atoms with Crippen LogP contribution < -0.4 is 0 Å². The summed E-state index contributed by atoms with van der Waals surface area (Å²) in [5, 5.41) is 17.7. The van der Waals surface area contributed by atoms with Crippen LogP contribution in [0, 0.1) is 0 Å². The van der Waals surface area contributed by atoms with Crippen LogP contribution in [0.3, 0.4) is 0 Å². The molecule has 4 aromatic rings. The van der Waals surface area contributed by atoms with Crippen molar-refractivity contribution in [2.24, 2.45) is 0 Å². The number of carbonyl (C=O) groups is 5. The maximum Gasteiger partial charge on any atom is 0.335 e. The van der Waals surface area contributed by atoms with E-state index in [0.29, 0.717) is 22.3 Å². The zero-order valence-corrected chi connectivity index (χ0v) is 18.7. The lowest BCUT2D eigenvalue weighted by Crippen LogP contribution is -2.21. The number of rotatable bonds is 4. The highest BCUT2D eigenvalue weighted by Gasteiger charge is 2.29. The Balaban J connectivity index is 0.000000170. The lowest BCUT2D eigenvalue weighted by atomic mass is 9.83. The predicted octanol–water partition coefficient (Wildman–Crippen LogP) is 4.78. The average molecular weight is 478 g/mol. The molecular formula is C29H18O7. The molecule has 0 spiro atoms. The summed E-state index contributed by atoms with van der Waals surface area (Å²) in [5.41, 5.74) is 2.36. The van der Waals surface area contributed by atoms with E-state index < -0.39 is 11.9 Å². The number of hydrogen-bond acceptors (Lipinski definition) is 5. The molecule has 0 aliphatic heterocycles. The number of carboxylic acid groups (broad SMARTS) is 2. The molecule has 0 radical (unpaired) electrons. The molecule has 0 unspecified atom stereocenters. The van der Waals surface area contributed by atoms with Crippen molar-refractivity contribution in [3.63, 3.8) is 0 Å². The maximum atomic E-state index is 12.3. The van der Waals surface area contributed by atoms with Crippen molar-refractivity contribution >= 4 is 29.3 Å². The number of fused-ring (bicyclic) bond motifs is 2. The zero-order chi connectivity index (χ0) is 25.8. The third-order valence-electron chi connectivity index (χ3n) is 5.60.